The maximum absolute atomic E-state index is 11.1. The van der Waals surface area contributed by atoms with Crippen molar-refractivity contribution in [3.05, 3.63) is 24.0 Å². The normalized spacial score (nSPS) is 15.7. The highest BCUT2D eigenvalue weighted by atomic mass is 16.7. The molecule has 1 rings (SSSR count). The van der Waals surface area contributed by atoms with Crippen LogP contribution in [-0.4, -0.2) is 12.8 Å². The molecule has 3 nitrogen and oxygen atoms in total. The average Bonchev–Trinajstić information content (AvgIpc) is 2.27. The minimum atomic E-state index is -0.634. The van der Waals surface area contributed by atoms with Gasteiger partial charge in [-0.2, -0.15) is 0 Å². The molecule has 0 amide bonds. The summed E-state index contributed by atoms with van der Waals surface area (Å²) in [7, 11) is 0. The van der Waals surface area contributed by atoms with E-state index in [2.05, 4.69) is 6.58 Å². The van der Waals surface area contributed by atoms with Crippen molar-refractivity contribution < 1.29 is 14.3 Å². The molecule has 0 atom stereocenters. The van der Waals surface area contributed by atoms with Crippen LogP contribution in [0.25, 0.3) is 0 Å². The van der Waals surface area contributed by atoms with Gasteiger partial charge in [0.25, 0.3) is 0 Å². The highest BCUT2D eigenvalue weighted by molar-refractivity contribution is 5.62. The zero-order chi connectivity index (χ0) is 11.1. The molecule has 0 aromatic carbocycles. The second-order valence-electron chi connectivity index (χ2n) is 3.52. The van der Waals surface area contributed by atoms with E-state index in [4.69, 9.17) is 9.47 Å². The molecular weight excluding hydrogens is 192 g/mol. The van der Waals surface area contributed by atoms with Crippen LogP contribution < -0.4 is 0 Å². The number of hydrogen-bond acceptors (Lipinski definition) is 3. The summed E-state index contributed by atoms with van der Waals surface area (Å²) in [6.45, 7) is 5.74. The summed E-state index contributed by atoms with van der Waals surface area (Å²) in [6.07, 6.45) is 6.55. The van der Waals surface area contributed by atoms with Gasteiger partial charge in [-0.3, -0.25) is 0 Å². The number of hydrogen-bond donors (Lipinski definition) is 0. The van der Waals surface area contributed by atoms with Crippen molar-refractivity contribution in [2.75, 3.05) is 6.61 Å². The lowest BCUT2D eigenvalue weighted by Gasteiger charge is -2.16. The molecule has 1 fully saturated rings. The van der Waals surface area contributed by atoms with Gasteiger partial charge in [0.1, 0.15) is 5.76 Å². The van der Waals surface area contributed by atoms with Gasteiger partial charge in [0.15, 0.2) is 0 Å². The Morgan fingerprint density at radius 3 is 2.60 bits per heavy atom. The van der Waals surface area contributed by atoms with E-state index in [0.717, 1.165) is 12.8 Å². The first-order chi connectivity index (χ1) is 7.27. The molecule has 0 spiro atoms. The van der Waals surface area contributed by atoms with Crippen molar-refractivity contribution in [3.63, 3.8) is 0 Å². The lowest BCUT2D eigenvalue weighted by molar-refractivity contribution is 0.0830. The van der Waals surface area contributed by atoms with Gasteiger partial charge in [-0.05, 0) is 44.3 Å². The number of carbonyl (C=O) groups excluding carboxylic acids is 1. The van der Waals surface area contributed by atoms with Crippen LogP contribution in [0.5, 0.6) is 0 Å². The number of carbonyl (C=O) groups is 1. The summed E-state index contributed by atoms with van der Waals surface area (Å²) in [6, 6.07) is 0. The molecule has 0 aromatic rings. The van der Waals surface area contributed by atoms with Gasteiger partial charge in [0, 0.05) is 0 Å². The summed E-state index contributed by atoms with van der Waals surface area (Å²) in [4.78, 5) is 11.1. The van der Waals surface area contributed by atoms with E-state index in [0.29, 0.717) is 12.4 Å². The lowest BCUT2D eigenvalue weighted by atomic mass is 9.94. The lowest BCUT2D eigenvalue weighted by Crippen LogP contribution is -2.08. The Morgan fingerprint density at radius 2 is 2.07 bits per heavy atom. The summed E-state index contributed by atoms with van der Waals surface area (Å²) in [5.74, 6) is 0.591. The molecule has 1 saturated carbocycles. The standard InChI is InChI=1S/C12H18O3/c1-3-11(15-12(13)14-4-2)10-8-6-5-7-9-10/h3H,1,4-9H2,2H3. The molecule has 3 heteroatoms. The third kappa shape index (κ3) is 3.78. The van der Waals surface area contributed by atoms with Crippen LogP contribution in [0.2, 0.25) is 0 Å². The van der Waals surface area contributed by atoms with E-state index in [9.17, 15) is 4.79 Å². The van der Waals surface area contributed by atoms with Gasteiger partial charge in [0.05, 0.1) is 6.61 Å². The molecular formula is C12H18O3. The van der Waals surface area contributed by atoms with Gasteiger partial charge in [0.2, 0.25) is 0 Å². The van der Waals surface area contributed by atoms with Crippen molar-refractivity contribution in [1.29, 1.82) is 0 Å². The van der Waals surface area contributed by atoms with Crippen molar-refractivity contribution in [2.24, 2.45) is 0 Å². The molecule has 0 saturated heterocycles. The number of rotatable bonds is 3. The Balaban J connectivity index is 2.60. The molecule has 0 heterocycles. The van der Waals surface area contributed by atoms with Gasteiger partial charge >= 0.3 is 6.16 Å². The van der Waals surface area contributed by atoms with E-state index >= 15 is 0 Å². The van der Waals surface area contributed by atoms with Gasteiger partial charge in [-0.1, -0.05) is 13.0 Å². The third-order valence-corrected chi connectivity index (χ3v) is 2.45. The van der Waals surface area contributed by atoms with E-state index in [1.807, 2.05) is 0 Å². The maximum atomic E-state index is 11.1. The van der Waals surface area contributed by atoms with Gasteiger partial charge in [-0.25, -0.2) is 4.79 Å². The molecule has 1 aliphatic rings. The zero-order valence-corrected chi connectivity index (χ0v) is 9.25. The molecule has 0 radical (unpaired) electrons. The molecule has 0 N–H and O–H groups in total. The van der Waals surface area contributed by atoms with Crippen LogP contribution in [0.4, 0.5) is 4.79 Å². The number of allylic oxidation sites excluding steroid dienone is 2. The van der Waals surface area contributed by atoms with Crippen LogP contribution in [-0.2, 0) is 9.47 Å². The number of ether oxygens (including phenoxy) is 2. The first-order valence-corrected chi connectivity index (χ1v) is 5.47. The monoisotopic (exact) mass is 210 g/mol. The summed E-state index contributed by atoms with van der Waals surface area (Å²) >= 11 is 0. The first kappa shape index (κ1) is 11.8. The Bertz CT molecular complexity index is 258. The van der Waals surface area contributed by atoms with E-state index in [1.54, 1.807) is 13.0 Å². The van der Waals surface area contributed by atoms with Crippen LogP contribution in [0.3, 0.4) is 0 Å². The van der Waals surface area contributed by atoms with Crippen molar-refractivity contribution in [2.45, 2.75) is 39.0 Å². The van der Waals surface area contributed by atoms with Crippen LogP contribution >= 0.6 is 0 Å². The highest BCUT2D eigenvalue weighted by Gasteiger charge is 2.13. The Kier molecular flexibility index (Phi) is 4.95. The van der Waals surface area contributed by atoms with Crippen molar-refractivity contribution in [1.82, 2.24) is 0 Å². The molecule has 0 aromatic heterocycles. The smallest absolute Gasteiger partial charge is 0.434 e. The van der Waals surface area contributed by atoms with Crippen LogP contribution in [0.15, 0.2) is 24.0 Å². The third-order valence-electron chi connectivity index (χ3n) is 2.45. The van der Waals surface area contributed by atoms with Crippen molar-refractivity contribution >= 4 is 6.16 Å². The molecule has 0 unspecified atom stereocenters. The quantitative estimate of drug-likeness (QED) is 0.527. The summed E-state index contributed by atoms with van der Waals surface area (Å²) in [5, 5.41) is 0. The highest BCUT2D eigenvalue weighted by Crippen LogP contribution is 2.26. The molecule has 84 valence electrons. The Morgan fingerprint density at radius 1 is 1.40 bits per heavy atom. The van der Waals surface area contributed by atoms with Crippen molar-refractivity contribution in [3.8, 4) is 0 Å². The molecule has 0 bridgehead atoms. The second-order valence-corrected chi connectivity index (χ2v) is 3.52. The van der Waals surface area contributed by atoms with Crippen LogP contribution in [0.1, 0.15) is 39.0 Å². The van der Waals surface area contributed by atoms with E-state index in [1.165, 1.54) is 24.8 Å². The SMILES string of the molecule is C=CC(OC(=O)OCC)=C1CCCCC1. The van der Waals surface area contributed by atoms with E-state index < -0.39 is 6.16 Å². The predicted octanol–water partition coefficient (Wildman–Crippen LogP) is 3.56. The topological polar surface area (TPSA) is 35.5 Å². The fourth-order valence-corrected chi connectivity index (χ4v) is 1.72. The van der Waals surface area contributed by atoms with Crippen LogP contribution in [0, 0.1) is 0 Å². The summed E-state index contributed by atoms with van der Waals surface area (Å²) < 4.78 is 9.80. The summed E-state index contributed by atoms with van der Waals surface area (Å²) in [5.41, 5.74) is 1.18. The zero-order valence-electron chi connectivity index (χ0n) is 9.25. The Labute approximate surface area is 90.8 Å². The predicted molar refractivity (Wildman–Crippen MR) is 58.4 cm³/mol. The second kappa shape index (κ2) is 6.27. The molecule has 0 aliphatic heterocycles. The van der Waals surface area contributed by atoms with E-state index in [-0.39, 0.29) is 0 Å². The molecule has 1 aliphatic carbocycles. The fourth-order valence-electron chi connectivity index (χ4n) is 1.72. The minimum Gasteiger partial charge on any atom is -0.434 e. The Hall–Kier alpha value is -1.25. The maximum Gasteiger partial charge on any atom is 0.513 e. The fraction of sp³-hybridized carbons (Fsp3) is 0.583. The average molecular weight is 210 g/mol. The largest absolute Gasteiger partial charge is 0.513 e. The van der Waals surface area contributed by atoms with Gasteiger partial charge < -0.3 is 9.47 Å². The van der Waals surface area contributed by atoms with Gasteiger partial charge in [-0.15, -0.1) is 0 Å². The minimum absolute atomic E-state index is 0.332. The molecule has 15 heavy (non-hydrogen) atoms. The first-order valence-electron chi connectivity index (χ1n) is 5.47.